The normalized spacial score (nSPS) is 23.4. The number of nitrogens with one attached hydrogen (secondary N) is 1. The molecule has 1 aromatic heterocycles. The second-order valence-corrected chi connectivity index (χ2v) is 6.88. The number of hydrogen-bond donors (Lipinski definition) is 1. The molecule has 3 rings (SSSR count). The van der Waals surface area contributed by atoms with Gasteiger partial charge in [0.2, 0.25) is 5.91 Å². The van der Waals surface area contributed by atoms with Crippen LogP contribution in [0.15, 0.2) is 18.3 Å². The van der Waals surface area contributed by atoms with Crippen molar-refractivity contribution in [2.75, 3.05) is 13.1 Å². The average Bonchev–Trinajstić information content (AvgIpc) is 2.58. The van der Waals surface area contributed by atoms with Crippen molar-refractivity contribution < 1.29 is 14.3 Å². The summed E-state index contributed by atoms with van der Waals surface area (Å²) in [7, 11) is 0. The third-order valence-corrected chi connectivity index (χ3v) is 4.90. The Kier molecular flexibility index (Phi) is 5.14. The summed E-state index contributed by atoms with van der Waals surface area (Å²) in [5, 5.41) is 2.30. The topological polar surface area (TPSA) is 71.5 Å². The number of hydrogen-bond acceptors (Lipinski definition) is 5. The Morgan fingerprint density at radius 2 is 1.96 bits per heavy atom. The van der Waals surface area contributed by atoms with Crippen LogP contribution < -0.4 is 10.1 Å². The first-order valence-corrected chi connectivity index (χ1v) is 8.73. The minimum absolute atomic E-state index is 0.235. The van der Waals surface area contributed by atoms with Gasteiger partial charge in [-0.3, -0.25) is 19.9 Å². The van der Waals surface area contributed by atoms with Gasteiger partial charge in [0, 0.05) is 30.5 Å². The molecule has 0 spiro atoms. The van der Waals surface area contributed by atoms with Crippen LogP contribution in [0.5, 0.6) is 5.75 Å². The Labute approximate surface area is 142 Å². The molecule has 1 N–H and O–H groups in total. The van der Waals surface area contributed by atoms with Crippen molar-refractivity contribution in [3.05, 3.63) is 24.0 Å². The van der Waals surface area contributed by atoms with Crippen LogP contribution in [0.2, 0.25) is 0 Å². The Bertz CT molecular complexity index is 592. The first-order valence-electron chi connectivity index (χ1n) is 8.73. The van der Waals surface area contributed by atoms with Crippen molar-refractivity contribution in [2.45, 2.75) is 57.6 Å². The van der Waals surface area contributed by atoms with Gasteiger partial charge in [0.25, 0.3) is 5.91 Å². The van der Waals surface area contributed by atoms with E-state index in [4.69, 9.17) is 4.74 Å². The molecule has 2 fully saturated rings. The highest BCUT2D eigenvalue weighted by Crippen LogP contribution is 2.28. The van der Waals surface area contributed by atoms with Crippen molar-refractivity contribution in [1.29, 1.82) is 0 Å². The van der Waals surface area contributed by atoms with Crippen LogP contribution in [0.1, 0.15) is 51.1 Å². The summed E-state index contributed by atoms with van der Waals surface area (Å²) in [6.45, 7) is 6.69. The van der Waals surface area contributed by atoms with Crippen molar-refractivity contribution >= 4 is 11.8 Å². The summed E-state index contributed by atoms with van der Waals surface area (Å²) in [4.78, 5) is 29.9. The summed E-state index contributed by atoms with van der Waals surface area (Å²) in [5.41, 5.74) is 1.09. The van der Waals surface area contributed by atoms with Crippen LogP contribution in [0.25, 0.3) is 0 Å². The Morgan fingerprint density at radius 3 is 2.54 bits per heavy atom. The van der Waals surface area contributed by atoms with Crippen LogP contribution in [-0.4, -0.2) is 46.9 Å². The Hall–Kier alpha value is -1.95. The predicted octanol–water partition coefficient (Wildman–Crippen LogP) is 1.85. The van der Waals surface area contributed by atoms with Gasteiger partial charge in [-0.2, -0.15) is 0 Å². The molecule has 1 atom stereocenters. The van der Waals surface area contributed by atoms with Crippen LogP contribution in [0.4, 0.5) is 0 Å². The monoisotopic (exact) mass is 331 g/mol. The number of aromatic nitrogens is 1. The number of piperidine rings is 2. The fraction of sp³-hybridized carbons (Fsp3) is 0.611. The third-order valence-electron chi connectivity index (χ3n) is 4.90. The van der Waals surface area contributed by atoms with Crippen LogP contribution in [-0.2, 0) is 9.59 Å². The van der Waals surface area contributed by atoms with Gasteiger partial charge in [0.15, 0.2) is 6.10 Å². The van der Waals surface area contributed by atoms with Gasteiger partial charge in [0.1, 0.15) is 5.75 Å². The average molecular weight is 331 g/mol. The zero-order chi connectivity index (χ0) is 17.1. The third kappa shape index (κ3) is 3.93. The van der Waals surface area contributed by atoms with E-state index in [0.717, 1.165) is 31.6 Å². The molecule has 2 aliphatic heterocycles. The predicted molar refractivity (Wildman–Crippen MR) is 89.7 cm³/mol. The van der Waals surface area contributed by atoms with E-state index < -0.39 is 6.10 Å². The van der Waals surface area contributed by atoms with E-state index in [1.165, 1.54) is 0 Å². The van der Waals surface area contributed by atoms with E-state index in [0.29, 0.717) is 30.6 Å². The molecule has 130 valence electrons. The molecule has 2 aliphatic rings. The fourth-order valence-electron chi connectivity index (χ4n) is 3.36. The number of imide groups is 1. The van der Waals surface area contributed by atoms with E-state index in [1.807, 2.05) is 12.1 Å². The van der Waals surface area contributed by atoms with Gasteiger partial charge in [-0.1, -0.05) is 0 Å². The number of pyridine rings is 1. The lowest BCUT2D eigenvalue weighted by Gasteiger charge is -2.34. The van der Waals surface area contributed by atoms with Gasteiger partial charge in [-0.15, -0.1) is 0 Å². The lowest BCUT2D eigenvalue weighted by molar-refractivity contribution is -0.138. The van der Waals surface area contributed by atoms with Crippen LogP contribution in [0, 0.1) is 0 Å². The number of rotatable bonds is 4. The highest BCUT2D eigenvalue weighted by molar-refractivity contribution is 5.99. The largest absolute Gasteiger partial charge is 0.479 e. The van der Waals surface area contributed by atoms with Crippen LogP contribution >= 0.6 is 0 Å². The lowest BCUT2D eigenvalue weighted by atomic mass is 9.92. The molecule has 0 aromatic carbocycles. The molecule has 0 aliphatic carbocycles. The number of carbonyl (C=O) groups excluding carboxylic acids is 2. The van der Waals surface area contributed by atoms with Gasteiger partial charge in [-0.25, -0.2) is 0 Å². The Morgan fingerprint density at radius 1 is 1.21 bits per heavy atom. The number of amides is 2. The fourth-order valence-corrected chi connectivity index (χ4v) is 3.36. The maximum absolute atomic E-state index is 11.7. The highest BCUT2D eigenvalue weighted by atomic mass is 16.5. The van der Waals surface area contributed by atoms with Crippen molar-refractivity contribution in [1.82, 2.24) is 15.2 Å². The van der Waals surface area contributed by atoms with Gasteiger partial charge < -0.3 is 9.64 Å². The highest BCUT2D eigenvalue weighted by Gasteiger charge is 2.28. The molecule has 3 heterocycles. The zero-order valence-electron chi connectivity index (χ0n) is 14.3. The quantitative estimate of drug-likeness (QED) is 0.853. The summed E-state index contributed by atoms with van der Waals surface area (Å²) >= 11 is 0. The number of carbonyl (C=O) groups is 2. The molecule has 0 bridgehead atoms. The maximum Gasteiger partial charge on any atom is 0.267 e. The molecule has 2 saturated heterocycles. The minimum Gasteiger partial charge on any atom is -0.479 e. The van der Waals surface area contributed by atoms with Gasteiger partial charge >= 0.3 is 0 Å². The second kappa shape index (κ2) is 7.30. The number of nitrogens with zero attached hydrogens (tertiary/aromatic N) is 2. The Balaban J connectivity index is 1.56. The molecule has 6 heteroatoms. The van der Waals surface area contributed by atoms with E-state index in [-0.39, 0.29) is 11.8 Å². The number of ether oxygens (including phenoxy) is 1. The lowest BCUT2D eigenvalue weighted by Crippen LogP contribution is -2.46. The van der Waals surface area contributed by atoms with Crippen molar-refractivity contribution in [3.63, 3.8) is 0 Å². The van der Waals surface area contributed by atoms with Crippen molar-refractivity contribution in [3.8, 4) is 5.75 Å². The molecule has 0 saturated carbocycles. The second-order valence-electron chi connectivity index (χ2n) is 6.88. The van der Waals surface area contributed by atoms with E-state index in [9.17, 15) is 9.59 Å². The molecule has 1 unspecified atom stereocenters. The summed E-state index contributed by atoms with van der Waals surface area (Å²) in [6, 6.07) is 4.47. The molecular formula is C18H25N3O3. The zero-order valence-corrected chi connectivity index (χ0v) is 14.3. The van der Waals surface area contributed by atoms with E-state index in [1.54, 1.807) is 6.20 Å². The minimum atomic E-state index is -0.607. The molecular weight excluding hydrogens is 306 g/mol. The van der Waals surface area contributed by atoms with E-state index >= 15 is 0 Å². The van der Waals surface area contributed by atoms with Gasteiger partial charge in [-0.05, 0) is 51.9 Å². The molecule has 6 nitrogen and oxygen atoms in total. The SMILES string of the molecule is CC(C)N1CCC(c2ccc(OC3CCC(=O)NC3=O)cn2)CC1. The van der Waals surface area contributed by atoms with Crippen LogP contribution in [0.3, 0.4) is 0 Å². The molecule has 1 aromatic rings. The molecule has 0 radical (unpaired) electrons. The first kappa shape index (κ1) is 16.9. The smallest absolute Gasteiger partial charge is 0.267 e. The van der Waals surface area contributed by atoms with Gasteiger partial charge in [0.05, 0.1) is 6.20 Å². The van der Waals surface area contributed by atoms with Crippen molar-refractivity contribution in [2.24, 2.45) is 0 Å². The first-order chi connectivity index (χ1) is 11.5. The standard InChI is InChI=1S/C18H25N3O3/c1-12(2)21-9-7-13(8-10-21)15-4-3-14(11-19-15)24-16-5-6-17(22)20-18(16)23/h3-4,11-13,16H,5-10H2,1-2H3,(H,20,22,23). The molecule has 2 amide bonds. The summed E-state index contributed by atoms with van der Waals surface area (Å²) < 4.78 is 5.67. The summed E-state index contributed by atoms with van der Waals surface area (Å²) in [6.07, 6.45) is 4.06. The summed E-state index contributed by atoms with van der Waals surface area (Å²) in [5.74, 6) is 0.468. The molecule has 24 heavy (non-hydrogen) atoms. The number of likely N-dealkylation sites (tertiary alicyclic amines) is 1. The maximum atomic E-state index is 11.7. The van der Waals surface area contributed by atoms with E-state index in [2.05, 4.69) is 29.0 Å².